The first-order valence-electron chi connectivity index (χ1n) is 11.1. The minimum atomic E-state index is -0.306. The van der Waals surface area contributed by atoms with E-state index in [0.29, 0.717) is 42.7 Å². The van der Waals surface area contributed by atoms with Gasteiger partial charge in [0.05, 0.1) is 6.61 Å². The van der Waals surface area contributed by atoms with Crippen molar-refractivity contribution in [2.45, 2.75) is 53.1 Å². The first kappa shape index (κ1) is 21.2. The predicted octanol–water partition coefficient (Wildman–Crippen LogP) is 3.27. The van der Waals surface area contributed by atoms with Gasteiger partial charge in [0.25, 0.3) is 5.56 Å². The lowest BCUT2D eigenvalue weighted by atomic mass is 10.1. The number of benzene rings is 1. The Hall–Kier alpha value is -3.03. The number of aryl methyl sites for hydroxylation is 2. The normalized spacial score (nSPS) is 14.2. The van der Waals surface area contributed by atoms with E-state index in [2.05, 4.69) is 18.7 Å². The molecule has 0 amide bonds. The molecular weight excluding hydrogens is 394 g/mol. The van der Waals surface area contributed by atoms with Crippen LogP contribution in [0.4, 0.5) is 11.6 Å². The van der Waals surface area contributed by atoms with Gasteiger partial charge in [-0.2, -0.15) is 4.98 Å². The first-order valence-corrected chi connectivity index (χ1v) is 11.1. The third kappa shape index (κ3) is 3.86. The second-order valence-corrected chi connectivity index (χ2v) is 8.50. The van der Waals surface area contributed by atoms with Crippen LogP contribution in [-0.4, -0.2) is 31.8 Å². The van der Waals surface area contributed by atoms with E-state index in [1.165, 1.54) is 9.13 Å². The third-order valence-electron chi connectivity index (χ3n) is 5.86. The molecule has 4 rings (SSSR count). The van der Waals surface area contributed by atoms with Crippen LogP contribution >= 0.6 is 0 Å². The van der Waals surface area contributed by atoms with Crippen molar-refractivity contribution >= 4 is 22.8 Å². The lowest BCUT2D eigenvalue weighted by Crippen LogP contribution is -2.40. The molecule has 0 radical (unpaired) electrons. The van der Waals surface area contributed by atoms with Crippen LogP contribution in [0.25, 0.3) is 11.2 Å². The van der Waals surface area contributed by atoms with Crippen molar-refractivity contribution in [1.82, 2.24) is 18.7 Å². The van der Waals surface area contributed by atoms with Crippen molar-refractivity contribution in [3.8, 4) is 5.75 Å². The molecular formula is C23H31N5O3. The van der Waals surface area contributed by atoms with Crippen LogP contribution in [-0.2, 0) is 20.1 Å². The van der Waals surface area contributed by atoms with Gasteiger partial charge < -0.3 is 14.2 Å². The maximum absolute atomic E-state index is 13.4. The topological polar surface area (TPSA) is 74.3 Å². The standard InChI is InChI=1S/C23H31N5O3/c1-5-31-18-10-8-17(9-11-18)26-13-6-7-14-27-19-20(24-22(26)27)25(4)23(30)28(21(19)29)15-12-16(2)3/h8-11,16H,5-7,12-15H2,1-4H3. The monoisotopic (exact) mass is 425 g/mol. The molecule has 31 heavy (non-hydrogen) atoms. The van der Waals surface area contributed by atoms with Gasteiger partial charge in [-0.3, -0.25) is 13.9 Å². The zero-order chi connectivity index (χ0) is 22.1. The molecule has 0 spiro atoms. The minimum Gasteiger partial charge on any atom is -0.494 e. The Bertz CT molecular complexity index is 1190. The number of hydrogen-bond donors (Lipinski definition) is 0. The van der Waals surface area contributed by atoms with E-state index in [9.17, 15) is 9.59 Å². The average molecular weight is 426 g/mol. The Labute approximate surface area is 181 Å². The number of hydrogen-bond acceptors (Lipinski definition) is 5. The molecule has 0 N–H and O–H groups in total. The maximum Gasteiger partial charge on any atom is 0.332 e. The molecule has 1 aromatic carbocycles. The van der Waals surface area contributed by atoms with Gasteiger partial charge in [-0.15, -0.1) is 0 Å². The van der Waals surface area contributed by atoms with E-state index in [-0.39, 0.29) is 11.2 Å². The van der Waals surface area contributed by atoms with E-state index in [0.717, 1.165) is 37.2 Å². The molecule has 166 valence electrons. The fourth-order valence-electron chi connectivity index (χ4n) is 4.14. The second kappa shape index (κ2) is 8.61. The fourth-order valence-corrected chi connectivity index (χ4v) is 4.14. The molecule has 1 aliphatic heterocycles. The van der Waals surface area contributed by atoms with Crippen LogP contribution in [0.3, 0.4) is 0 Å². The molecule has 0 unspecified atom stereocenters. The Balaban J connectivity index is 1.86. The molecule has 0 bridgehead atoms. The quantitative estimate of drug-likeness (QED) is 0.606. The third-order valence-corrected chi connectivity index (χ3v) is 5.86. The summed E-state index contributed by atoms with van der Waals surface area (Å²) in [6, 6.07) is 7.93. The molecule has 0 saturated heterocycles. The number of fused-ring (bicyclic) bond motifs is 3. The summed E-state index contributed by atoms with van der Waals surface area (Å²) in [6.45, 7) is 8.69. The number of anilines is 2. The van der Waals surface area contributed by atoms with Crippen molar-refractivity contribution in [3.63, 3.8) is 0 Å². The number of rotatable bonds is 6. The number of nitrogens with zero attached hydrogens (tertiary/aromatic N) is 5. The van der Waals surface area contributed by atoms with Gasteiger partial charge in [-0.05, 0) is 56.4 Å². The Morgan fingerprint density at radius 2 is 1.81 bits per heavy atom. The molecule has 1 aliphatic rings. The first-order chi connectivity index (χ1) is 14.9. The molecule has 2 aromatic heterocycles. The predicted molar refractivity (Wildman–Crippen MR) is 123 cm³/mol. The van der Waals surface area contributed by atoms with Gasteiger partial charge in [0, 0.05) is 32.4 Å². The summed E-state index contributed by atoms with van der Waals surface area (Å²) >= 11 is 0. The second-order valence-electron chi connectivity index (χ2n) is 8.50. The zero-order valence-electron chi connectivity index (χ0n) is 18.8. The highest BCUT2D eigenvalue weighted by Crippen LogP contribution is 2.31. The van der Waals surface area contributed by atoms with Crippen LogP contribution in [0, 0.1) is 5.92 Å². The SMILES string of the molecule is CCOc1ccc(N2CCCCn3c2nc2c3c(=O)n(CCC(C)C)c(=O)n2C)cc1. The van der Waals surface area contributed by atoms with Gasteiger partial charge in [0.2, 0.25) is 5.95 Å². The summed E-state index contributed by atoms with van der Waals surface area (Å²) in [6.07, 6.45) is 2.71. The van der Waals surface area contributed by atoms with E-state index in [1.807, 2.05) is 35.8 Å². The van der Waals surface area contributed by atoms with Crippen molar-refractivity contribution in [3.05, 3.63) is 45.1 Å². The summed E-state index contributed by atoms with van der Waals surface area (Å²) in [5.74, 6) is 1.94. The number of ether oxygens (including phenoxy) is 1. The average Bonchev–Trinajstić information content (AvgIpc) is 3.00. The Kier molecular flexibility index (Phi) is 5.89. The molecule has 0 saturated carbocycles. The molecule has 3 heterocycles. The Morgan fingerprint density at radius 3 is 2.48 bits per heavy atom. The molecule has 0 atom stereocenters. The molecule has 8 heteroatoms. The molecule has 0 aliphatic carbocycles. The van der Waals surface area contributed by atoms with Crippen LogP contribution in [0.2, 0.25) is 0 Å². The van der Waals surface area contributed by atoms with E-state index in [4.69, 9.17) is 9.72 Å². The lowest BCUT2D eigenvalue weighted by Gasteiger charge is -2.22. The summed E-state index contributed by atoms with van der Waals surface area (Å²) < 4.78 is 10.4. The summed E-state index contributed by atoms with van der Waals surface area (Å²) in [5.41, 5.74) is 1.40. The lowest BCUT2D eigenvalue weighted by molar-refractivity contribution is 0.340. The van der Waals surface area contributed by atoms with Gasteiger partial charge >= 0.3 is 5.69 Å². The fraction of sp³-hybridized carbons (Fsp3) is 0.522. The highest BCUT2D eigenvalue weighted by Gasteiger charge is 2.26. The zero-order valence-corrected chi connectivity index (χ0v) is 18.8. The molecule has 0 fully saturated rings. The number of imidazole rings is 1. The number of aromatic nitrogens is 4. The molecule has 3 aromatic rings. The minimum absolute atomic E-state index is 0.244. The van der Waals surface area contributed by atoms with Gasteiger partial charge in [-0.25, -0.2) is 4.79 Å². The summed E-state index contributed by atoms with van der Waals surface area (Å²) in [5, 5.41) is 0. The van der Waals surface area contributed by atoms with Crippen molar-refractivity contribution < 1.29 is 4.74 Å². The van der Waals surface area contributed by atoms with E-state index >= 15 is 0 Å². The maximum atomic E-state index is 13.4. The van der Waals surface area contributed by atoms with Crippen molar-refractivity contribution in [2.75, 3.05) is 18.1 Å². The van der Waals surface area contributed by atoms with E-state index < -0.39 is 0 Å². The van der Waals surface area contributed by atoms with Crippen LogP contribution in [0.5, 0.6) is 5.75 Å². The highest BCUT2D eigenvalue weighted by atomic mass is 16.5. The van der Waals surface area contributed by atoms with Crippen LogP contribution in [0.15, 0.2) is 33.9 Å². The van der Waals surface area contributed by atoms with Gasteiger partial charge in [0.1, 0.15) is 5.75 Å². The molecule has 8 nitrogen and oxygen atoms in total. The van der Waals surface area contributed by atoms with Crippen molar-refractivity contribution in [2.24, 2.45) is 13.0 Å². The van der Waals surface area contributed by atoms with E-state index in [1.54, 1.807) is 7.05 Å². The Morgan fingerprint density at radius 1 is 1.10 bits per heavy atom. The van der Waals surface area contributed by atoms with Crippen LogP contribution < -0.4 is 20.9 Å². The largest absolute Gasteiger partial charge is 0.494 e. The highest BCUT2D eigenvalue weighted by molar-refractivity contribution is 5.76. The van der Waals surface area contributed by atoms with Gasteiger partial charge in [-0.1, -0.05) is 13.8 Å². The van der Waals surface area contributed by atoms with Crippen molar-refractivity contribution in [1.29, 1.82) is 0 Å². The summed E-state index contributed by atoms with van der Waals surface area (Å²) in [7, 11) is 1.70. The smallest absolute Gasteiger partial charge is 0.332 e. The van der Waals surface area contributed by atoms with Gasteiger partial charge in [0.15, 0.2) is 11.2 Å². The van der Waals surface area contributed by atoms with Crippen LogP contribution in [0.1, 0.15) is 40.0 Å². The summed E-state index contributed by atoms with van der Waals surface area (Å²) in [4.78, 5) is 33.2.